The van der Waals surface area contributed by atoms with Crippen molar-refractivity contribution >= 4 is 0 Å². The second-order valence-corrected chi connectivity index (χ2v) is 2.10. The van der Waals surface area contributed by atoms with E-state index in [1.54, 1.807) is 0 Å². The first-order valence-corrected chi connectivity index (χ1v) is 3.15. The Morgan fingerprint density at radius 2 is 2.50 bits per heavy atom. The zero-order valence-electron chi connectivity index (χ0n) is 5.31. The van der Waals surface area contributed by atoms with Crippen molar-refractivity contribution in [2.24, 2.45) is 0 Å². The highest BCUT2D eigenvalue weighted by Crippen LogP contribution is 2.10. The molecule has 0 amide bonds. The molecule has 0 aromatic carbocycles. The Balaban J connectivity index is 2.33. The molecule has 0 spiro atoms. The minimum absolute atomic E-state index is 0.872. The van der Waals surface area contributed by atoms with Gasteiger partial charge in [-0.05, 0) is 25.3 Å². The molecule has 0 bridgehead atoms. The number of allylic oxidation sites excluding steroid dienone is 1. The van der Waals surface area contributed by atoms with Crippen molar-refractivity contribution in [1.29, 1.82) is 0 Å². The van der Waals surface area contributed by atoms with Gasteiger partial charge in [0.2, 0.25) is 0 Å². The lowest BCUT2D eigenvalue weighted by Gasteiger charge is -2.13. The quantitative estimate of drug-likeness (QED) is 0.434. The maximum atomic E-state index is 5.20. The van der Waals surface area contributed by atoms with E-state index in [9.17, 15) is 0 Å². The Morgan fingerprint density at radius 3 is 2.88 bits per heavy atom. The van der Waals surface area contributed by atoms with E-state index < -0.39 is 0 Å². The third kappa shape index (κ3) is 1.34. The molecule has 0 N–H and O–H groups in total. The fourth-order valence-electron chi connectivity index (χ4n) is 0.904. The topological polar surface area (TPSA) is 9.23 Å². The van der Waals surface area contributed by atoms with E-state index in [0.717, 1.165) is 13.2 Å². The first-order chi connectivity index (χ1) is 3.93. The molecular weight excluding hydrogens is 100 g/mol. The molecule has 0 aliphatic carbocycles. The Kier molecular flexibility index (Phi) is 2.10. The van der Waals surface area contributed by atoms with Crippen LogP contribution < -0.4 is 0 Å². The van der Waals surface area contributed by atoms with Gasteiger partial charge < -0.3 is 4.74 Å². The van der Waals surface area contributed by atoms with Crippen molar-refractivity contribution in [3.05, 3.63) is 11.6 Å². The van der Waals surface area contributed by atoms with Crippen molar-refractivity contribution < 1.29 is 4.74 Å². The molecule has 1 fully saturated rings. The molecule has 8 heavy (non-hydrogen) atoms. The largest absolute Gasteiger partial charge is 0.377 e. The summed E-state index contributed by atoms with van der Waals surface area (Å²) in [6.45, 7) is 3.90. The van der Waals surface area contributed by atoms with E-state index in [2.05, 4.69) is 13.0 Å². The molecule has 0 aromatic rings. The molecule has 1 rings (SSSR count). The summed E-state index contributed by atoms with van der Waals surface area (Å²) in [5.74, 6) is 0. The summed E-state index contributed by atoms with van der Waals surface area (Å²) in [4.78, 5) is 0. The summed E-state index contributed by atoms with van der Waals surface area (Å²) in [7, 11) is 0. The zero-order chi connectivity index (χ0) is 5.82. The first kappa shape index (κ1) is 5.83. The van der Waals surface area contributed by atoms with Crippen molar-refractivity contribution in [3.63, 3.8) is 0 Å². The number of ether oxygens (including phenoxy) is 1. The minimum atomic E-state index is 0.872. The van der Waals surface area contributed by atoms with Crippen LogP contribution in [0.5, 0.6) is 0 Å². The molecule has 0 atom stereocenters. The van der Waals surface area contributed by atoms with Crippen LogP contribution in [-0.4, -0.2) is 13.2 Å². The maximum Gasteiger partial charge on any atom is 0.0676 e. The predicted octanol–water partition coefficient (Wildman–Crippen LogP) is 1.74. The van der Waals surface area contributed by atoms with E-state index in [1.165, 1.54) is 18.4 Å². The molecule has 1 nitrogen and oxygen atoms in total. The van der Waals surface area contributed by atoms with Crippen molar-refractivity contribution in [3.8, 4) is 0 Å². The molecule has 1 aliphatic heterocycles. The van der Waals surface area contributed by atoms with Gasteiger partial charge >= 0.3 is 0 Å². The number of hydrogen-bond donors (Lipinski definition) is 0. The number of hydrogen-bond acceptors (Lipinski definition) is 1. The van der Waals surface area contributed by atoms with Crippen LogP contribution in [0.1, 0.15) is 19.8 Å². The summed E-state index contributed by atoms with van der Waals surface area (Å²) < 4.78 is 5.20. The lowest BCUT2D eigenvalue weighted by atomic mass is 10.1. The molecule has 46 valence electrons. The highest BCUT2D eigenvalue weighted by Gasteiger charge is 2.02. The van der Waals surface area contributed by atoms with E-state index >= 15 is 0 Å². The second-order valence-electron chi connectivity index (χ2n) is 2.10. The van der Waals surface area contributed by atoms with Gasteiger partial charge in [0.25, 0.3) is 0 Å². The Hall–Kier alpha value is -0.300. The lowest BCUT2D eigenvalue weighted by Crippen LogP contribution is -2.07. The van der Waals surface area contributed by atoms with Gasteiger partial charge in [0, 0.05) is 6.61 Å². The smallest absolute Gasteiger partial charge is 0.0676 e. The molecule has 1 heterocycles. The van der Waals surface area contributed by atoms with Crippen LogP contribution in [0, 0.1) is 0 Å². The monoisotopic (exact) mass is 112 g/mol. The zero-order valence-corrected chi connectivity index (χ0v) is 5.31. The molecule has 1 aliphatic rings. The van der Waals surface area contributed by atoms with Crippen LogP contribution >= 0.6 is 0 Å². The predicted molar refractivity (Wildman–Crippen MR) is 33.8 cm³/mol. The molecule has 0 radical (unpaired) electrons. The van der Waals surface area contributed by atoms with E-state index in [4.69, 9.17) is 4.74 Å². The highest BCUT2D eigenvalue weighted by atomic mass is 16.5. The summed E-state index contributed by atoms with van der Waals surface area (Å²) in [6, 6.07) is 0. The molecular formula is C7H12O. The third-order valence-corrected chi connectivity index (χ3v) is 1.48. The van der Waals surface area contributed by atoms with Gasteiger partial charge in [0.05, 0.1) is 6.61 Å². The van der Waals surface area contributed by atoms with Crippen molar-refractivity contribution in [1.82, 2.24) is 0 Å². The highest BCUT2D eigenvalue weighted by molar-refractivity contribution is 5.01. The summed E-state index contributed by atoms with van der Waals surface area (Å²) >= 11 is 0. The van der Waals surface area contributed by atoms with Crippen LogP contribution in [0.15, 0.2) is 11.6 Å². The summed E-state index contributed by atoms with van der Waals surface area (Å²) in [5, 5.41) is 0. The normalized spacial score (nSPS) is 26.4. The summed E-state index contributed by atoms with van der Waals surface area (Å²) in [5.41, 5.74) is 1.45. The Morgan fingerprint density at radius 1 is 1.62 bits per heavy atom. The Labute approximate surface area is 50.3 Å². The average molecular weight is 112 g/mol. The van der Waals surface area contributed by atoms with E-state index in [-0.39, 0.29) is 0 Å². The fraction of sp³-hybridized carbons (Fsp3) is 0.714. The van der Waals surface area contributed by atoms with Crippen LogP contribution in [0.4, 0.5) is 0 Å². The third-order valence-electron chi connectivity index (χ3n) is 1.48. The van der Waals surface area contributed by atoms with Gasteiger partial charge in [-0.3, -0.25) is 0 Å². The van der Waals surface area contributed by atoms with Crippen LogP contribution in [-0.2, 0) is 4.74 Å². The molecule has 0 saturated carbocycles. The van der Waals surface area contributed by atoms with Crippen LogP contribution in [0.2, 0.25) is 0 Å². The van der Waals surface area contributed by atoms with Gasteiger partial charge in [-0.25, -0.2) is 0 Å². The van der Waals surface area contributed by atoms with Gasteiger partial charge in [0.1, 0.15) is 0 Å². The minimum Gasteiger partial charge on any atom is -0.377 e. The van der Waals surface area contributed by atoms with Gasteiger partial charge in [-0.1, -0.05) is 6.08 Å². The van der Waals surface area contributed by atoms with Crippen LogP contribution in [0.3, 0.4) is 0 Å². The van der Waals surface area contributed by atoms with Gasteiger partial charge in [0.15, 0.2) is 0 Å². The number of rotatable bonds is 0. The lowest BCUT2D eigenvalue weighted by molar-refractivity contribution is 0.130. The second kappa shape index (κ2) is 2.88. The van der Waals surface area contributed by atoms with E-state index in [0.29, 0.717) is 0 Å². The average Bonchev–Trinajstić information content (AvgIpc) is 1.90. The molecule has 0 aromatic heterocycles. The van der Waals surface area contributed by atoms with Crippen LogP contribution in [0.25, 0.3) is 0 Å². The fourth-order valence-corrected chi connectivity index (χ4v) is 0.904. The molecule has 1 heteroatoms. The van der Waals surface area contributed by atoms with Gasteiger partial charge in [-0.15, -0.1) is 0 Å². The summed E-state index contributed by atoms with van der Waals surface area (Å²) in [6.07, 6.45) is 4.61. The Bertz CT molecular complexity index is 86.6. The van der Waals surface area contributed by atoms with Crippen molar-refractivity contribution in [2.75, 3.05) is 13.2 Å². The van der Waals surface area contributed by atoms with Gasteiger partial charge in [-0.2, -0.15) is 0 Å². The SMILES string of the molecule is C/C=C1/CCCOC1. The van der Waals surface area contributed by atoms with E-state index in [1.807, 2.05) is 0 Å². The molecule has 1 saturated heterocycles. The standard InChI is InChI=1S/C7H12O/c1-2-7-4-3-5-8-6-7/h2H,3-6H2,1H3/b7-2-. The molecule has 0 unspecified atom stereocenters. The van der Waals surface area contributed by atoms with Crippen molar-refractivity contribution in [2.45, 2.75) is 19.8 Å². The first-order valence-electron chi connectivity index (χ1n) is 3.15. The maximum absolute atomic E-state index is 5.20.